The van der Waals surface area contributed by atoms with Gasteiger partial charge in [0.15, 0.2) is 0 Å². The van der Waals surface area contributed by atoms with Crippen molar-refractivity contribution in [3.63, 3.8) is 0 Å². The first kappa shape index (κ1) is 22.9. The Hall–Kier alpha value is -3.23. The van der Waals surface area contributed by atoms with Crippen LogP contribution in [0.1, 0.15) is 22.9 Å². The van der Waals surface area contributed by atoms with Gasteiger partial charge in [-0.1, -0.05) is 12.1 Å². The van der Waals surface area contributed by atoms with E-state index in [9.17, 15) is 14.3 Å². The van der Waals surface area contributed by atoms with Crippen molar-refractivity contribution in [1.29, 1.82) is 0 Å². The van der Waals surface area contributed by atoms with Gasteiger partial charge in [0.25, 0.3) is 5.56 Å². The molecule has 0 aliphatic carbocycles. The molecule has 3 heterocycles. The Morgan fingerprint density at radius 3 is 2.48 bits per heavy atom. The SMILES string of the molecule is COCCn1c(C)cc(O)c([C@H](c2ccncc2)N2CCN(c3ccccc3F)CC2)c1=O. The summed E-state index contributed by atoms with van der Waals surface area (Å²) >= 11 is 0. The molecule has 0 saturated carbocycles. The van der Waals surface area contributed by atoms with Crippen LogP contribution < -0.4 is 10.5 Å². The Balaban J connectivity index is 1.70. The van der Waals surface area contributed by atoms with Crippen LogP contribution in [0.15, 0.2) is 59.7 Å². The summed E-state index contributed by atoms with van der Waals surface area (Å²) in [6.07, 6.45) is 3.37. The Labute approximate surface area is 192 Å². The van der Waals surface area contributed by atoms with Gasteiger partial charge >= 0.3 is 0 Å². The van der Waals surface area contributed by atoms with Gasteiger partial charge in [-0.25, -0.2) is 4.39 Å². The third-order valence-corrected chi connectivity index (χ3v) is 6.21. The first-order valence-corrected chi connectivity index (χ1v) is 11.1. The van der Waals surface area contributed by atoms with E-state index in [0.29, 0.717) is 56.3 Å². The largest absolute Gasteiger partial charge is 0.507 e. The van der Waals surface area contributed by atoms with Crippen molar-refractivity contribution in [2.45, 2.75) is 19.5 Å². The van der Waals surface area contributed by atoms with Crippen molar-refractivity contribution >= 4 is 5.69 Å². The third kappa shape index (κ3) is 4.77. The van der Waals surface area contributed by atoms with Gasteiger partial charge in [0.05, 0.1) is 23.9 Å². The highest BCUT2D eigenvalue weighted by atomic mass is 19.1. The maximum Gasteiger partial charge on any atom is 0.259 e. The lowest BCUT2D eigenvalue weighted by molar-refractivity contribution is 0.183. The van der Waals surface area contributed by atoms with Gasteiger partial charge in [0, 0.05) is 57.9 Å². The topological polar surface area (TPSA) is 70.8 Å². The number of ether oxygens (including phenoxy) is 1. The Kier molecular flexibility index (Phi) is 7.05. The standard InChI is InChI=1S/C25H29FN4O3/c1-18-17-22(31)23(25(32)30(18)15-16-33-2)24(19-7-9-27-10-8-19)29-13-11-28(12-14-29)21-6-4-3-5-20(21)26/h3-10,17,24,31H,11-16H2,1-2H3/t24-/m0/s1. The molecule has 1 fully saturated rings. The number of hydrogen-bond acceptors (Lipinski definition) is 6. The summed E-state index contributed by atoms with van der Waals surface area (Å²) in [7, 11) is 1.59. The second-order valence-electron chi connectivity index (χ2n) is 8.19. The number of benzene rings is 1. The Morgan fingerprint density at radius 1 is 1.12 bits per heavy atom. The molecule has 1 N–H and O–H groups in total. The molecule has 3 aromatic rings. The van der Waals surface area contributed by atoms with Crippen LogP contribution in [0.5, 0.6) is 5.75 Å². The summed E-state index contributed by atoms with van der Waals surface area (Å²) < 4.78 is 21.1. The fourth-order valence-corrected chi connectivity index (χ4v) is 4.52. The zero-order chi connectivity index (χ0) is 23.4. The highest BCUT2D eigenvalue weighted by molar-refractivity contribution is 5.48. The van der Waals surface area contributed by atoms with E-state index >= 15 is 0 Å². The minimum Gasteiger partial charge on any atom is -0.507 e. The van der Waals surface area contributed by atoms with Crippen LogP contribution in [-0.4, -0.2) is 59.5 Å². The van der Waals surface area contributed by atoms with Crippen molar-refractivity contribution in [3.8, 4) is 5.75 Å². The number of para-hydroxylation sites is 1. The zero-order valence-electron chi connectivity index (χ0n) is 18.9. The molecule has 0 radical (unpaired) electrons. The summed E-state index contributed by atoms with van der Waals surface area (Å²) in [4.78, 5) is 21.8. The van der Waals surface area contributed by atoms with Crippen molar-refractivity contribution in [2.75, 3.05) is 44.8 Å². The smallest absolute Gasteiger partial charge is 0.259 e. The lowest BCUT2D eigenvalue weighted by atomic mass is 9.96. The van der Waals surface area contributed by atoms with E-state index in [1.807, 2.05) is 23.1 Å². The van der Waals surface area contributed by atoms with Crippen LogP contribution in [0.25, 0.3) is 0 Å². The van der Waals surface area contributed by atoms with E-state index in [1.165, 1.54) is 6.07 Å². The molecule has 2 aromatic heterocycles. The second kappa shape index (κ2) is 10.1. The summed E-state index contributed by atoms with van der Waals surface area (Å²) in [6, 6.07) is 11.7. The van der Waals surface area contributed by atoms with E-state index in [-0.39, 0.29) is 17.1 Å². The van der Waals surface area contributed by atoms with E-state index < -0.39 is 6.04 Å². The summed E-state index contributed by atoms with van der Waals surface area (Å²) in [6.45, 7) is 5.01. The first-order chi connectivity index (χ1) is 16.0. The van der Waals surface area contributed by atoms with Gasteiger partial charge in [-0.2, -0.15) is 0 Å². The van der Waals surface area contributed by atoms with Gasteiger partial charge in [0.1, 0.15) is 11.6 Å². The molecule has 174 valence electrons. The number of anilines is 1. The minimum atomic E-state index is -0.447. The van der Waals surface area contributed by atoms with Crippen molar-refractivity contribution in [1.82, 2.24) is 14.5 Å². The maximum absolute atomic E-state index is 14.3. The molecule has 1 aliphatic rings. The minimum absolute atomic E-state index is 0.0236. The van der Waals surface area contributed by atoms with Gasteiger partial charge in [-0.3, -0.25) is 14.7 Å². The molecular formula is C25H29FN4O3. The number of aromatic hydroxyl groups is 1. The highest BCUT2D eigenvalue weighted by Crippen LogP contribution is 2.33. The van der Waals surface area contributed by atoms with E-state index in [2.05, 4.69) is 9.88 Å². The predicted octanol–water partition coefficient (Wildman–Crippen LogP) is 2.95. The molecule has 33 heavy (non-hydrogen) atoms. The van der Waals surface area contributed by atoms with Crippen molar-refractivity contribution in [3.05, 3.63) is 87.9 Å². The highest BCUT2D eigenvalue weighted by Gasteiger charge is 2.31. The van der Waals surface area contributed by atoms with Gasteiger partial charge < -0.3 is 19.3 Å². The molecule has 4 rings (SSSR count). The maximum atomic E-state index is 14.3. The lowest BCUT2D eigenvalue weighted by Gasteiger charge is -2.40. The molecule has 8 heteroatoms. The van der Waals surface area contributed by atoms with Gasteiger partial charge in [-0.05, 0) is 42.8 Å². The normalized spacial score (nSPS) is 15.5. The van der Waals surface area contributed by atoms with E-state index in [4.69, 9.17) is 4.74 Å². The molecular weight excluding hydrogens is 423 g/mol. The van der Waals surface area contributed by atoms with Crippen molar-refractivity contribution in [2.24, 2.45) is 0 Å². The van der Waals surface area contributed by atoms with Crippen LogP contribution >= 0.6 is 0 Å². The average molecular weight is 453 g/mol. The number of aromatic nitrogens is 2. The Bertz CT molecular complexity index is 1140. The number of methoxy groups -OCH3 is 1. The molecule has 1 saturated heterocycles. The second-order valence-corrected chi connectivity index (χ2v) is 8.19. The third-order valence-electron chi connectivity index (χ3n) is 6.21. The van der Waals surface area contributed by atoms with Crippen molar-refractivity contribution < 1.29 is 14.2 Å². The van der Waals surface area contributed by atoms with Crippen LogP contribution in [0.3, 0.4) is 0 Å². The monoisotopic (exact) mass is 452 g/mol. The molecule has 1 aliphatic heterocycles. The molecule has 0 spiro atoms. The molecule has 0 amide bonds. The molecule has 1 atom stereocenters. The summed E-state index contributed by atoms with van der Waals surface area (Å²) in [5.41, 5.74) is 2.23. The molecule has 0 bridgehead atoms. The molecule has 1 aromatic carbocycles. The quantitative estimate of drug-likeness (QED) is 0.595. The van der Waals surface area contributed by atoms with Crippen LogP contribution in [0.4, 0.5) is 10.1 Å². The van der Waals surface area contributed by atoms with Crippen LogP contribution in [-0.2, 0) is 11.3 Å². The van der Waals surface area contributed by atoms with Gasteiger partial charge in [0.2, 0.25) is 0 Å². The lowest BCUT2D eigenvalue weighted by Crippen LogP contribution is -2.49. The number of rotatable bonds is 7. The Morgan fingerprint density at radius 2 is 1.82 bits per heavy atom. The number of aryl methyl sites for hydroxylation is 1. The van der Waals surface area contributed by atoms with Gasteiger partial charge in [-0.15, -0.1) is 0 Å². The van der Waals surface area contributed by atoms with E-state index in [0.717, 1.165) is 5.56 Å². The van der Waals surface area contributed by atoms with Crippen LogP contribution in [0.2, 0.25) is 0 Å². The number of hydrogen-bond donors (Lipinski definition) is 1. The fraction of sp³-hybridized carbons (Fsp3) is 0.360. The number of piperazine rings is 1. The van der Waals surface area contributed by atoms with Crippen LogP contribution in [0, 0.1) is 12.7 Å². The average Bonchev–Trinajstić information content (AvgIpc) is 2.83. The summed E-state index contributed by atoms with van der Waals surface area (Å²) in [5, 5.41) is 10.9. The molecule has 0 unspecified atom stereocenters. The number of pyridine rings is 2. The predicted molar refractivity (Wildman–Crippen MR) is 125 cm³/mol. The number of nitrogens with zero attached hydrogens (tertiary/aromatic N) is 4. The number of halogens is 1. The first-order valence-electron chi connectivity index (χ1n) is 11.1. The molecule has 7 nitrogen and oxygen atoms in total. The van der Waals surface area contributed by atoms with E-state index in [1.54, 1.807) is 49.2 Å². The fourth-order valence-electron chi connectivity index (χ4n) is 4.52. The summed E-state index contributed by atoms with van der Waals surface area (Å²) in [5.74, 6) is -0.265. The zero-order valence-corrected chi connectivity index (χ0v) is 18.9.